The molecule has 0 radical (unpaired) electrons. The van der Waals surface area contributed by atoms with Crippen molar-refractivity contribution in [3.63, 3.8) is 0 Å². The van der Waals surface area contributed by atoms with Gasteiger partial charge in [0.2, 0.25) is 0 Å². The van der Waals surface area contributed by atoms with E-state index in [1.165, 1.54) is 24.3 Å². The van der Waals surface area contributed by atoms with E-state index >= 15 is 0 Å². The molecule has 8 heteroatoms. The zero-order valence-corrected chi connectivity index (χ0v) is 18.9. The van der Waals surface area contributed by atoms with E-state index in [1.807, 2.05) is 54.3 Å². The van der Waals surface area contributed by atoms with Crippen molar-refractivity contribution < 1.29 is 22.7 Å². The van der Waals surface area contributed by atoms with Gasteiger partial charge in [-0.1, -0.05) is 48.5 Å². The third kappa shape index (κ3) is 5.06. The molecule has 1 aliphatic heterocycles. The van der Waals surface area contributed by atoms with E-state index < -0.39 is 6.36 Å². The Morgan fingerprint density at radius 3 is 2.37 bits per heavy atom. The number of amides is 1. The average Bonchev–Trinajstić information content (AvgIpc) is 3.39. The van der Waals surface area contributed by atoms with Crippen LogP contribution in [0.5, 0.6) is 5.75 Å². The molecule has 5 rings (SSSR count). The second kappa shape index (κ2) is 8.94. The summed E-state index contributed by atoms with van der Waals surface area (Å²) in [4.78, 5) is 14.8. The fourth-order valence-corrected chi connectivity index (χ4v) is 4.41. The van der Waals surface area contributed by atoms with Crippen LogP contribution in [0.1, 0.15) is 32.6 Å². The first-order valence-electron chi connectivity index (χ1n) is 11.1. The van der Waals surface area contributed by atoms with E-state index in [4.69, 9.17) is 0 Å². The minimum absolute atomic E-state index is 0.0839. The van der Waals surface area contributed by atoms with Crippen molar-refractivity contribution in [2.75, 3.05) is 0 Å². The molecular weight excluding hydrogens is 455 g/mol. The van der Waals surface area contributed by atoms with Gasteiger partial charge >= 0.3 is 6.36 Å². The molecule has 5 nitrogen and oxygen atoms in total. The van der Waals surface area contributed by atoms with Gasteiger partial charge in [0.25, 0.3) is 5.91 Å². The van der Waals surface area contributed by atoms with Gasteiger partial charge in [-0.15, -0.1) is 13.2 Å². The van der Waals surface area contributed by atoms with Gasteiger partial charge in [-0.05, 0) is 52.9 Å². The maximum absolute atomic E-state index is 13.1. The quantitative estimate of drug-likeness (QED) is 0.344. The van der Waals surface area contributed by atoms with Crippen LogP contribution in [-0.2, 0) is 19.6 Å². The number of rotatable bonds is 6. The van der Waals surface area contributed by atoms with Crippen molar-refractivity contribution in [3.8, 4) is 16.9 Å². The second-order valence-electron chi connectivity index (χ2n) is 8.59. The Morgan fingerprint density at radius 1 is 0.943 bits per heavy atom. The summed E-state index contributed by atoms with van der Waals surface area (Å²) in [7, 11) is 0. The van der Waals surface area contributed by atoms with Crippen molar-refractivity contribution in [1.82, 2.24) is 14.7 Å². The standard InChI is InChI=1S/C27H22F3N3O2/c1-18-11-21(23-13-31-33(17-23)15-19-5-3-2-4-6-19)12-22-16-32(26(34)25(18)22)14-20-7-9-24(10-8-20)35-27(28,29)30/h2-13,17H,14-16H2,1H3. The lowest BCUT2D eigenvalue weighted by molar-refractivity contribution is -0.274. The Bertz CT molecular complexity index is 1360. The smallest absolute Gasteiger partial charge is 0.406 e. The molecule has 0 N–H and O–H groups in total. The van der Waals surface area contributed by atoms with Crippen LogP contribution in [0.25, 0.3) is 11.1 Å². The van der Waals surface area contributed by atoms with Gasteiger partial charge in [-0.2, -0.15) is 5.10 Å². The Hall–Kier alpha value is -4.07. The van der Waals surface area contributed by atoms with E-state index in [1.54, 1.807) is 4.90 Å². The number of hydrogen-bond acceptors (Lipinski definition) is 3. The van der Waals surface area contributed by atoms with E-state index in [0.29, 0.717) is 25.2 Å². The molecule has 0 saturated carbocycles. The number of nitrogens with zero attached hydrogens (tertiary/aromatic N) is 3. The SMILES string of the molecule is Cc1cc(-c2cnn(Cc3ccccc3)c2)cc2c1C(=O)N(Cc1ccc(OC(F)(F)F)cc1)C2. The molecule has 1 aromatic heterocycles. The van der Waals surface area contributed by atoms with Crippen LogP contribution in [0.4, 0.5) is 13.2 Å². The number of carbonyl (C=O) groups is 1. The highest BCUT2D eigenvalue weighted by molar-refractivity contribution is 6.00. The predicted octanol–water partition coefficient (Wildman–Crippen LogP) is 5.96. The Balaban J connectivity index is 1.31. The van der Waals surface area contributed by atoms with Crippen LogP contribution in [0, 0.1) is 6.92 Å². The number of aryl methyl sites for hydroxylation is 1. The lowest BCUT2D eigenvalue weighted by atomic mass is 9.98. The van der Waals surface area contributed by atoms with Gasteiger partial charge in [0.1, 0.15) is 5.75 Å². The number of hydrogen-bond donors (Lipinski definition) is 0. The summed E-state index contributed by atoms with van der Waals surface area (Å²) < 4.78 is 43.0. The summed E-state index contributed by atoms with van der Waals surface area (Å²) in [5.74, 6) is -0.370. The number of carbonyl (C=O) groups excluding carboxylic acids is 1. The van der Waals surface area contributed by atoms with Crippen LogP contribution >= 0.6 is 0 Å². The van der Waals surface area contributed by atoms with Gasteiger partial charge in [0.05, 0.1) is 12.7 Å². The molecule has 1 aliphatic rings. The monoisotopic (exact) mass is 477 g/mol. The summed E-state index contributed by atoms with van der Waals surface area (Å²) in [6, 6.07) is 19.7. The average molecular weight is 477 g/mol. The highest BCUT2D eigenvalue weighted by atomic mass is 19.4. The molecule has 4 aromatic rings. The van der Waals surface area contributed by atoms with E-state index in [0.717, 1.165) is 33.4 Å². The first-order valence-corrected chi connectivity index (χ1v) is 11.1. The van der Waals surface area contributed by atoms with Gasteiger partial charge in [0.15, 0.2) is 0 Å². The molecule has 0 saturated heterocycles. The number of ether oxygens (including phenoxy) is 1. The third-order valence-electron chi connectivity index (χ3n) is 5.96. The highest BCUT2D eigenvalue weighted by Gasteiger charge is 2.32. The molecule has 0 atom stereocenters. The van der Waals surface area contributed by atoms with Crippen molar-refractivity contribution in [2.24, 2.45) is 0 Å². The van der Waals surface area contributed by atoms with E-state index in [9.17, 15) is 18.0 Å². The van der Waals surface area contributed by atoms with Crippen LogP contribution < -0.4 is 4.74 Å². The molecule has 1 amide bonds. The molecule has 3 aromatic carbocycles. The molecule has 35 heavy (non-hydrogen) atoms. The maximum atomic E-state index is 13.1. The summed E-state index contributed by atoms with van der Waals surface area (Å²) in [6.07, 6.45) is -0.919. The number of fused-ring (bicyclic) bond motifs is 1. The highest BCUT2D eigenvalue weighted by Crippen LogP contribution is 2.32. The summed E-state index contributed by atoms with van der Waals surface area (Å²) in [5.41, 5.74) is 6.34. The van der Waals surface area contributed by atoms with Crippen molar-refractivity contribution in [3.05, 3.63) is 107 Å². The van der Waals surface area contributed by atoms with Crippen molar-refractivity contribution in [2.45, 2.75) is 32.9 Å². The largest absolute Gasteiger partial charge is 0.573 e. The normalized spacial score (nSPS) is 13.3. The Labute approximate surface area is 200 Å². The van der Waals surface area contributed by atoms with Crippen molar-refractivity contribution in [1.29, 1.82) is 0 Å². The van der Waals surface area contributed by atoms with E-state index in [2.05, 4.69) is 22.0 Å². The number of benzene rings is 3. The number of halogens is 3. The molecule has 0 fully saturated rings. The minimum atomic E-state index is -4.73. The molecule has 0 bridgehead atoms. The number of alkyl halides is 3. The fraction of sp³-hybridized carbons (Fsp3) is 0.185. The van der Waals surface area contributed by atoms with Crippen LogP contribution in [0.3, 0.4) is 0 Å². The van der Waals surface area contributed by atoms with Gasteiger partial charge in [-0.25, -0.2) is 0 Å². The van der Waals surface area contributed by atoms with Crippen LogP contribution in [-0.4, -0.2) is 26.9 Å². The van der Waals surface area contributed by atoms with Gasteiger partial charge in [0, 0.05) is 30.4 Å². The Morgan fingerprint density at radius 2 is 1.66 bits per heavy atom. The van der Waals surface area contributed by atoms with Crippen LogP contribution in [0.15, 0.2) is 79.1 Å². The summed E-state index contributed by atoms with van der Waals surface area (Å²) in [5, 5.41) is 4.48. The predicted molar refractivity (Wildman–Crippen MR) is 125 cm³/mol. The van der Waals surface area contributed by atoms with Gasteiger partial charge in [-0.3, -0.25) is 9.48 Å². The van der Waals surface area contributed by atoms with Gasteiger partial charge < -0.3 is 9.64 Å². The molecule has 0 aliphatic carbocycles. The molecule has 0 unspecified atom stereocenters. The van der Waals surface area contributed by atoms with Crippen molar-refractivity contribution >= 4 is 5.91 Å². The number of aromatic nitrogens is 2. The third-order valence-corrected chi connectivity index (χ3v) is 5.96. The fourth-order valence-electron chi connectivity index (χ4n) is 4.41. The zero-order chi connectivity index (χ0) is 24.6. The first kappa shape index (κ1) is 22.7. The molecule has 2 heterocycles. The summed E-state index contributed by atoms with van der Waals surface area (Å²) in [6.45, 7) is 3.32. The minimum Gasteiger partial charge on any atom is -0.406 e. The summed E-state index contributed by atoms with van der Waals surface area (Å²) >= 11 is 0. The zero-order valence-electron chi connectivity index (χ0n) is 18.9. The second-order valence-corrected chi connectivity index (χ2v) is 8.59. The Kier molecular flexibility index (Phi) is 5.80. The lowest BCUT2D eigenvalue weighted by Gasteiger charge is -2.16. The topological polar surface area (TPSA) is 47.4 Å². The molecule has 0 spiro atoms. The van der Waals surface area contributed by atoms with Crippen LogP contribution in [0.2, 0.25) is 0 Å². The first-order chi connectivity index (χ1) is 16.7. The molecular formula is C27H22F3N3O2. The van der Waals surface area contributed by atoms with E-state index in [-0.39, 0.29) is 11.7 Å². The lowest BCUT2D eigenvalue weighted by Crippen LogP contribution is -2.23. The maximum Gasteiger partial charge on any atom is 0.573 e. The molecule has 178 valence electrons.